The van der Waals surface area contributed by atoms with E-state index in [9.17, 15) is 40.2 Å². The molecule has 10 nitrogen and oxygen atoms in total. The zero-order valence-corrected chi connectivity index (χ0v) is 43.2. The fourth-order valence-corrected chi connectivity index (χ4v) is 18.4. The Morgan fingerprint density at radius 2 is 1.02 bits per heavy atom. The van der Waals surface area contributed by atoms with Crippen molar-refractivity contribution in [3.05, 3.63) is 23.3 Å². The van der Waals surface area contributed by atoms with Crippen LogP contribution >= 0.6 is 0 Å². The Balaban J connectivity index is 0.000000245. The number of ether oxygens (including phenoxy) is 2. The van der Waals surface area contributed by atoms with Crippen molar-refractivity contribution in [2.45, 2.75) is 224 Å². The summed E-state index contributed by atoms with van der Waals surface area (Å²) in [4.78, 5) is 25.1. The monoisotopic (exact) mass is 901 g/mol. The molecule has 20 unspecified atom stereocenters. The maximum absolute atomic E-state index is 12.6. The largest absolute Gasteiger partial charge is 0.458 e. The third-order valence-corrected chi connectivity index (χ3v) is 21.3. The van der Waals surface area contributed by atoms with E-state index >= 15 is 0 Å². The molecule has 64 heavy (non-hydrogen) atoms. The second-order valence-corrected chi connectivity index (χ2v) is 24.0. The summed E-state index contributed by atoms with van der Waals surface area (Å²) in [6, 6.07) is 0. The Morgan fingerprint density at radius 3 is 1.38 bits per heavy atom. The molecule has 0 spiro atoms. The average Bonchev–Trinajstić information content (AvgIpc) is 3.18. The van der Waals surface area contributed by atoms with E-state index in [1.807, 2.05) is 41.5 Å². The van der Waals surface area contributed by atoms with E-state index in [1.54, 1.807) is 12.2 Å². The molecule has 0 aromatic carbocycles. The van der Waals surface area contributed by atoms with Crippen LogP contribution in [-0.2, 0) is 19.1 Å². The van der Waals surface area contributed by atoms with E-state index in [2.05, 4.69) is 69.2 Å². The highest BCUT2D eigenvalue weighted by molar-refractivity contribution is 5.67. The van der Waals surface area contributed by atoms with Crippen LogP contribution in [0.15, 0.2) is 23.3 Å². The van der Waals surface area contributed by atoms with Crippen LogP contribution in [0.1, 0.15) is 176 Å². The van der Waals surface area contributed by atoms with Crippen LogP contribution in [0.25, 0.3) is 0 Å². The molecule has 10 heteroatoms. The first-order valence-electron chi connectivity index (χ1n) is 25.2. The predicted molar refractivity (Wildman–Crippen MR) is 251 cm³/mol. The number of fused-ring (bicyclic) bond motifs is 6. The van der Waals surface area contributed by atoms with Gasteiger partial charge in [0.2, 0.25) is 0 Å². The molecule has 20 atom stereocenters. The normalized spacial score (nSPS) is 51.0. The highest BCUT2D eigenvalue weighted by Gasteiger charge is 2.75. The maximum atomic E-state index is 12.6. The summed E-state index contributed by atoms with van der Waals surface area (Å²) >= 11 is 0. The first-order chi connectivity index (χ1) is 29.3. The number of hydrogen-bond donors (Lipinski definition) is 6. The summed E-state index contributed by atoms with van der Waals surface area (Å²) in [7, 11) is 0. The minimum atomic E-state index is -1.09. The number of carbonyl (C=O) groups excluding carboxylic acids is 2. The van der Waals surface area contributed by atoms with Gasteiger partial charge in [0, 0.05) is 47.3 Å². The average molecular weight is 901 g/mol. The van der Waals surface area contributed by atoms with E-state index in [1.165, 1.54) is 13.8 Å². The van der Waals surface area contributed by atoms with Gasteiger partial charge >= 0.3 is 11.9 Å². The van der Waals surface area contributed by atoms with Crippen LogP contribution in [-0.4, -0.2) is 90.4 Å². The SMILES string of the molecule is CCC1C2(C)CCC3C(C)(O)C(C)=CC(O)C3(C)C2C(O)C(O)C1(CC)C(C)C.CCC1C2(C)CCC3C(C)(O)C(C)=CC(O)C3(C)C2C(OC(C)=O)C(OC(C)=O)C1(CC)C(C)C. The van der Waals surface area contributed by atoms with Crippen LogP contribution in [0.3, 0.4) is 0 Å². The zero-order chi connectivity index (χ0) is 48.9. The summed E-state index contributed by atoms with van der Waals surface area (Å²) in [5, 5.41) is 69.2. The highest BCUT2D eigenvalue weighted by Crippen LogP contribution is 2.74. The quantitative estimate of drug-likeness (QED) is 0.102. The van der Waals surface area contributed by atoms with Crippen LogP contribution in [0.4, 0.5) is 0 Å². The molecule has 0 amide bonds. The minimum absolute atomic E-state index is 0.152. The molecule has 0 bridgehead atoms. The molecule has 4 saturated carbocycles. The third-order valence-electron chi connectivity index (χ3n) is 21.3. The number of esters is 2. The Labute approximate surface area is 387 Å². The standard InChI is InChI=1S/C29H48O6.C25H44O4/c1-11-20-26(8)14-13-21-27(9,22(32)15-17(5)28(21,10)33)24(26)23(34-18(6)30)25(35-19(7)31)29(20,12-2)16(3)4;1-9-16-22(6)12-11-17-23(7,18(26)13-15(5)24(17,8)29)20(22)19(27)21(28)25(16,10-2)14(3)4/h15-16,20-25,32-33H,11-14H2,1-10H3;13-14,16-21,26-29H,9-12H2,1-8H3. The van der Waals surface area contributed by atoms with Crippen LogP contribution in [0, 0.1) is 79.8 Å². The van der Waals surface area contributed by atoms with Gasteiger partial charge in [-0.2, -0.15) is 0 Å². The van der Waals surface area contributed by atoms with Gasteiger partial charge in [0.05, 0.1) is 35.6 Å². The van der Waals surface area contributed by atoms with E-state index in [-0.39, 0.29) is 63.6 Å². The third kappa shape index (κ3) is 7.11. The van der Waals surface area contributed by atoms with Crippen molar-refractivity contribution in [2.24, 2.45) is 79.8 Å². The zero-order valence-electron chi connectivity index (χ0n) is 43.2. The lowest BCUT2D eigenvalue weighted by atomic mass is 9.35. The Bertz CT molecular complexity index is 1800. The van der Waals surface area contributed by atoms with Crippen molar-refractivity contribution in [3.63, 3.8) is 0 Å². The van der Waals surface area contributed by atoms with Gasteiger partial charge in [-0.1, -0.05) is 108 Å². The first kappa shape index (κ1) is 53.1. The van der Waals surface area contributed by atoms with Gasteiger partial charge < -0.3 is 40.1 Å². The molecule has 0 aliphatic heterocycles. The molecule has 0 saturated heterocycles. The smallest absolute Gasteiger partial charge is 0.303 e. The van der Waals surface area contributed by atoms with Crippen molar-refractivity contribution < 1.29 is 49.7 Å². The van der Waals surface area contributed by atoms with Crippen molar-refractivity contribution in [3.8, 4) is 0 Å². The van der Waals surface area contributed by atoms with Gasteiger partial charge in [0.15, 0.2) is 0 Å². The maximum Gasteiger partial charge on any atom is 0.303 e. The van der Waals surface area contributed by atoms with E-state index in [0.717, 1.165) is 62.5 Å². The Kier molecular flexibility index (Phi) is 14.6. The number of rotatable bonds is 8. The minimum Gasteiger partial charge on any atom is -0.458 e. The number of aliphatic hydroxyl groups is 6. The topological polar surface area (TPSA) is 174 Å². The summed E-state index contributed by atoms with van der Waals surface area (Å²) in [6.45, 7) is 36.3. The van der Waals surface area contributed by atoms with Gasteiger partial charge in [-0.15, -0.1) is 0 Å². The molecule has 4 fully saturated rings. The molecule has 6 rings (SSSR count). The van der Waals surface area contributed by atoms with Gasteiger partial charge in [0.25, 0.3) is 0 Å². The van der Waals surface area contributed by atoms with E-state index in [4.69, 9.17) is 9.47 Å². The summed E-state index contributed by atoms with van der Waals surface area (Å²) in [5.74, 6) is -0.962. The molecule has 0 radical (unpaired) electrons. The second kappa shape index (κ2) is 17.6. The summed E-state index contributed by atoms with van der Waals surface area (Å²) in [5.41, 5.74) is -3.27. The van der Waals surface area contributed by atoms with Crippen LogP contribution in [0.2, 0.25) is 0 Å². The van der Waals surface area contributed by atoms with E-state index < -0.39 is 76.0 Å². The van der Waals surface area contributed by atoms with Gasteiger partial charge in [-0.3, -0.25) is 9.59 Å². The van der Waals surface area contributed by atoms with Crippen molar-refractivity contribution >= 4 is 11.9 Å². The Hall–Kier alpha value is -1.82. The molecule has 6 aliphatic rings. The van der Waals surface area contributed by atoms with Gasteiger partial charge in [0.1, 0.15) is 12.2 Å². The van der Waals surface area contributed by atoms with Gasteiger partial charge in [-0.25, -0.2) is 0 Å². The fraction of sp³-hybridized carbons (Fsp3) is 0.889. The molecule has 368 valence electrons. The molecular weight excluding hydrogens is 809 g/mol. The van der Waals surface area contributed by atoms with Crippen LogP contribution in [0.5, 0.6) is 0 Å². The molecular formula is C54H92O10. The fourth-order valence-electron chi connectivity index (χ4n) is 18.4. The molecule has 6 N–H and O–H groups in total. The molecule has 0 aromatic rings. The van der Waals surface area contributed by atoms with E-state index in [0.29, 0.717) is 0 Å². The summed E-state index contributed by atoms with van der Waals surface area (Å²) in [6.07, 6.45) is 5.60. The lowest BCUT2D eigenvalue weighted by Gasteiger charge is -2.71. The summed E-state index contributed by atoms with van der Waals surface area (Å²) < 4.78 is 12.3. The van der Waals surface area contributed by atoms with Crippen molar-refractivity contribution in [1.82, 2.24) is 0 Å². The number of hydrogen-bond acceptors (Lipinski definition) is 10. The Morgan fingerprint density at radius 1 is 0.641 bits per heavy atom. The predicted octanol–water partition coefficient (Wildman–Crippen LogP) is 8.96. The molecule has 0 aromatic heterocycles. The van der Waals surface area contributed by atoms with Crippen LogP contribution < -0.4 is 0 Å². The lowest BCUT2D eigenvalue weighted by molar-refractivity contribution is -0.299. The first-order valence-corrected chi connectivity index (χ1v) is 25.2. The highest BCUT2D eigenvalue weighted by atomic mass is 16.6. The number of carbonyl (C=O) groups is 2. The lowest BCUT2D eigenvalue weighted by Crippen LogP contribution is -2.74. The molecule has 0 heterocycles. The second-order valence-electron chi connectivity index (χ2n) is 24.0. The van der Waals surface area contributed by atoms with Crippen molar-refractivity contribution in [1.29, 1.82) is 0 Å². The molecule has 6 aliphatic carbocycles. The number of aliphatic hydroxyl groups excluding tert-OH is 4. The van der Waals surface area contributed by atoms with Gasteiger partial charge in [-0.05, 0) is 124 Å². The van der Waals surface area contributed by atoms with Crippen molar-refractivity contribution in [2.75, 3.05) is 0 Å².